The minimum Gasteiger partial charge on any atom is -0.494 e. The molecule has 2 amide bonds. The van der Waals surface area contributed by atoms with Gasteiger partial charge in [0.25, 0.3) is 11.8 Å². The van der Waals surface area contributed by atoms with Gasteiger partial charge in [-0.1, -0.05) is 24.3 Å². The second-order valence-electron chi connectivity index (χ2n) is 6.98. The fourth-order valence-electron chi connectivity index (χ4n) is 3.19. The molecule has 0 fully saturated rings. The van der Waals surface area contributed by atoms with Gasteiger partial charge in [-0.3, -0.25) is 9.59 Å². The minimum atomic E-state index is -0.695. The molecule has 0 aliphatic carbocycles. The maximum absolute atomic E-state index is 14.0. The van der Waals surface area contributed by atoms with Gasteiger partial charge in [-0.05, 0) is 55.5 Å². The molecule has 168 valence electrons. The van der Waals surface area contributed by atoms with Gasteiger partial charge < -0.3 is 24.5 Å². The highest BCUT2D eigenvalue weighted by atomic mass is 19.1. The molecule has 0 saturated carbocycles. The number of hydrogen-bond donors (Lipinski definition) is 2. The van der Waals surface area contributed by atoms with Crippen LogP contribution in [0, 0.1) is 5.82 Å². The van der Waals surface area contributed by atoms with Crippen LogP contribution in [0.3, 0.4) is 0 Å². The number of anilines is 2. The quantitative estimate of drug-likeness (QED) is 0.385. The second-order valence-corrected chi connectivity index (χ2v) is 6.98. The molecule has 4 aromatic rings. The Morgan fingerprint density at radius 1 is 0.879 bits per heavy atom. The van der Waals surface area contributed by atoms with Crippen molar-refractivity contribution in [1.82, 2.24) is 0 Å². The molecule has 7 nitrogen and oxygen atoms in total. The number of carbonyl (C=O) groups excluding carboxylic acids is 2. The Morgan fingerprint density at radius 2 is 1.55 bits per heavy atom. The van der Waals surface area contributed by atoms with E-state index in [9.17, 15) is 14.0 Å². The summed E-state index contributed by atoms with van der Waals surface area (Å²) in [6.07, 6.45) is 0. The Balaban J connectivity index is 1.51. The maximum atomic E-state index is 14.0. The first kappa shape index (κ1) is 21.9. The molecule has 1 heterocycles. The number of carbonyl (C=O) groups is 2. The molecule has 8 heteroatoms. The largest absolute Gasteiger partial charge is 0.494 e. The summed E-state index contributed by atoms with van der Waals surface area (Å²) in [6.45, 7) is 2.15. The molecule has 0 atom stereocenters. The fourth-order valence-corrected chi connectivity index (χ4v) is 3.19. The van der Waals surface area contributed by atoms with E-state index >= 15 is 0 Å². The molecule has 0 aliphatic rings. The lowest BCUT2D eigenvalue weighted by molar-refractivity contribution is -0.118. The van der Waals surface area contributed by atoms with Gasteiger partial charge in [0.1, 0.15) is 28.6 Å². The third-order valence-corrected chi connectivity index (χ3v) is 4.69. The van der Waals surface area contributed by atoms with E-state index in [0.717, 1.165) is 0 Å². The van der Waals surface area contributed by atoms with E-state index in [4.69, 9.17) is 13.9 Å². The van der Waals surface area contributed by atoms with Crippen LogP contribution in [0.1, 0.15) is 17.5 Å². The lowest BCUT2D eigenvalue weighted by atomic mass is 10.2. The zero-order chi connectivity index (χ0) is 23.2. The van der Waals surface area contributed by atoms with Gasteiger partial charge in [0.05, 0.1) is 12.3 Å². The first-order valence-corrected chi connectivity index (χ1v) is 10.3. The highest BCUT2D eigenvalue weighted by Crippen LogP contribution is 2.31. The van der Waals surface area contributed by atoms with E-state index in [1.165, 1.54) is 18.2 Å². The van der Waals surface area contributed by atoms with Crippen LogP contribution in [0.4, 0.5) is 15.8 Å². The molecule has 2 N–H and O–H groups in total. The van der Waals surface area contributed by atoms with Crippen LogP contribution in [0.5, 0.6) is 11.5 Å². The Kier molecular flexibility index (Phi) is 6.54. The van der Waals surface area contributed by atoms with Gasteiger partial charge in [-0.25, -0.2) is 4.39 Å². The van der Waals surface area contributed by atoms with Gasteiger partial charge in [0.2, 0.25) is 5.76 Å². The third kappa shape index (κ3) is 5.12. The summed E-state index contributed by atoms with van der Waals surface area (Å²) in [6, 6.07) is 19.5. The molecule has 0 unspecified atom stereocenters. The molecular formula is C25H21FN2O5. The third-order valence-electron chi connectivity index (χ3n) is 4.69. The van der Waals surface area contributed by atoms with Crippen LogP contribution in [0.25, 0.3) is 11.0 Å². The Hall–Kier alpha value is -4.33. The SMILES string of the molecule is CCOc1ccc(OCC(=O)Nc2c(C(=O)Nc3ccccc3F)oc3ccccc23)cc1. The fraction of sp³-hybridized carbons (Fsp3) is 0.120. The van der Waals surface area contributed by atoms with E-state index < -0.39 is 17.6 Å². The Bertz CT molecular complexity index is 1280. The molecule has 1 aromatic heterocycles. The van der Waals surface area contributed by atoms with Gasteiger partial charge in [0.15, 0.2) is 6.61 Å². The lowest BCUT2D eigenvalue weighted by Crippen LogP contribution is -2.22. The normalized spacial score (nSPS) is 10.6. The van der Waals surface area contributed by atoms with Crippen LogP contribution in [0.15, 0.2) is 77.2 Å². The summed E-state index contributed by atoms with van der Waals surface area (Å²) in [4.78, 5) is 25.4. The molecule has 0 bridgehead atoms. The van der Waals surface area contributed by atoms with Gasteiger partial charge >= 0.3 is 0 Å². The number of rotatable bonds is 8. The van der Waals surface area contributed by atoms with Crippen LogP contribution in [-0.4, -0.2) is 25.0 Å². The predicted octanol–water partition coefficient (Wildman–Crippen LogP) is 5.24. The van der Waals surface area contributed by atoms with Gasteiger partial charge in [-0.2, -0.15) is 0 Å². The number of furan rings is 1. The van der Waals surface area contributed by atoms with Crippen LogP contribution < -0.4 is 20.1 Å². The second kappa shape index (κ2) is 9.86. The summed E-state index contributed by atoms with van der Waals surface area (Å²) in [5.41, 5.74) is 0.581. The lowest BCUT2D eigenvalue weighted by Gasteiger charge is -2.09. The number of ether oxygens (including phenoxy) is 2. The monoisotopic (exact) mass is 448 g/mol. The average Bonchev–Trinajstić information content (AvgIpc) is 3.19. The van der Waals surface area contributed by atoms with Crippen molar-refractivity contribution in [2.75, 3.05) is 23.8 Å². The van der Waals surface area contributed by atoms with Crippen molar-refractivity contribution in [1.29, 1.82) is 0 Å². The van der Waals surface area contributed by atoms with E-state index in [0.29, 0.717) is 29.1 Å². The molecule has 0 radical (unpaired) electrons. The maximum Gasteiger partial charge on any atom is 0.293 e. The topological polar surface area (TPSA) is 89.8 Å². The number of halogens is 1. The minimum absolute atomic E-state index is 0.000865. The Morgan fingerprint density at radius 3 is 2.27 bits per heavy atom. The van der Waals surface area contributed by atoms with Crippen LogP contribution in [-0.2, 0) is 4.79 Å². The summed E-state index contributed by atoms with van der Waals surface area (Å²) >= 11 is 0. The number of fused-ring (bicyclic) bond motifs is 1. The van der Waals surface area contributed by atoms with Crippen molar-refractivity contribution in [3.63, 3.8) is 0 Å². The van der Waals surface area contributed by atoms with E-state index in [2.05, 4.69) is 10.6 Å². The number of para-hydroxylation sites is 2. The van der Waals surface area contributed by atoms with E-state index in [1.54, 1.807) is 54.6 Å². The van der Waals surface area contributed by atoms with Gasteiger partial charge in [-0.15, -0.1) is 0 Å². The summed E-state index contributed by atoms with van der Waals surface area (Å²) in [5, 5.41) is 5.69. The molecular weight excluding hydrogens is 427 g/mol. The molecule has 0 spiro atoms. The molecule has 4 rings (SSSR count). The highest BCUT2D eigenvalue weighted by molar-refractivity contribution is 6.14. The molecule has 0 aliphatic heterocycles. The molecule has 33 heavy (non-hydrogen) atoms. The standard InChI is InChI=1S/C25H21FN2O5/c1-2-31-16-11-13-17(14-12-16)32-15-22(29)28-23-18-7-3-6-10-21(18)33-24(23)25(30)27-20-9-5-4-8-19(20)26/h3-14H,2,15H2,1H3,(H,27,30)(H,28,29). The van der Waals surface area contributed by atoms with E-state index in [-0.39, 0.29) is 23.7 Å². The zero-order valence-electron chi connectivity index (χ0n) is 17.8. The number of benzene rings is 3. The van der Waals surface area contributed by atoms with Crippen molar-refractivity contribution >= 4 is 34.2 Å². The summed E-state index contributed by atoms with van der Waals surface area (Å²) in [5.74, 6) is -0.729. The van der Waals surface area contributed by atoms with Crippen molar-refractivity contribution in [3.05, 3.63) is 84.4 Å². The highest BCUT2D eigenvalue weighted by Gasteiger charge is 2.23. The summed E-state index contributed by atoms with van der Waals surface area (Å²) in [7, 11) is 0. The molecule has 0 saturated heterocycles. The van der Waals surface area contributed by atoms with Crippen molar-refractivity contribution in [2.45, 2.75) is 6.92 Å². The number of hydrogen-bond acceptors (Lipinski definition) is 5. The Labute approximate surface area is 189 Å². The zero-order valence-corrected chi connectivity index (χ0v) is 17.8. The first-order chi connectivity index (χ1) is 16.0. The first-order valence-electron chi connectivity index (χ1n) is 10.3. The molecule has 3 aromatic carbocycles. The smallest absolute Gasteiger partial charge is 0.293 e. The number of amides is 2. The van der Waals surface area contributed by atoms with Crippen molar-refractivity contribution in [2.24, 2.45) is 0 Å². The van der Waals surface area contributed by atoms with Crippen LogP contribution in [0.2, 0.25) is 0 Å². The predicted molar refractivity (Wildman–Crippen MR) is 122 cm³/mol. The average molecular weight is 448 g/mol. The summed E-state index contributed by atoms with van der Waals surface area (Å²) < 4.78 is 30.5. The van der Waals surface area contributed by atoms with Crippen molar-refractivity contribution < 1.29 is 27.9 Å². The van der Waals surface area contributed by atoms with E-state index in [1.807, 2.05) is 6.92 Å². The van der Waals surface area contributed by atoms with Crippen LogP contribution >= 0.6 is 0 Å². The van der Waals surface area contributed by atoms with Crippen molar-refractivity contribution in [3.8, 4) is 11.5 Å². The number of nitrogens with one attached hydrogen (secondary N) is 2. The van der Waals surface area contributed by atoms with Gasteiger partial charge in [0, 0.05) is 5.39 Å².